The van der Waals surface area contributed by atoms with Crippen LogP contribution >= 0.6 is 11.3 Å². The summed E-state index contributed by atoms with van der Waals surface area (Å²) in [6.45, 7) is 6.17. The number of aryl methyl sites for hydroxylation is 2. The Labute approximate surface area is 153 Å². The molecule has 25 heavy (non-hydrogen) atoms. The number of aromatic nitrogens is 1. The first-order chi connectivity index (χ1) is 12.1. The molecule has 136 valence electrons. The van der Waals surface area contributed by atoms with Crippen LogP contribution in [0.5, 0.6) is 11.5 Å². The van der Waals surface area contributed by atoms with Crippen molar-refractivity contribution in [1.82, 2.24) is 15.6 Å². The highest BCUT2D eigenvalue weighted by molar-refractivity contribution is 7.11. The maximum Gasteiger partial charge on any atom is 0.191 e. The first kappa shape index (κ1) is 19.1. The molecule has 1 heterocycles. The number of nitrogens with one attached hydrogen (secondary N) is 2. The number of ether oxygens (including phenoxy) is 2. The molecule has 2 aromatic rings. The molecule has 1 aromatic heterocycles. The van der Waals surface area contributed by atoms with E-state index >= 15 is 0 Å². The average molecular weight is 362 g/mol. The second-order valence-corrected chi connectivity index (χ2v) is 6.74. The first-order valence-corrected chi connectivity index (χ1v) is 9.08. The van der Waals surface area contributed by atoms with E-state index in [4.69, 9.17) is 9.47 Å². The number of benzene rings is 1. The van der Waals surface area contributed by atoms with Gasteiger partial charge in [0.25, 0.3) is 0 Å². The number of hydrogen-bond donors (Lipinski definition) is 2. The maximum atomic E-state index is 5.68. The Morgan fingerprint density at radius 2 is 1.80 bits per heavy atom. The molecule has 0 unspecified atom stereocenters. The topological polar surface area (TPSA) is 67.8 Å². The average Bonchev–Trinajstić information content (AvgIpc) is 2.95. The molecule has 0 bridgehead atoms. The molecule has 7 heteroatoms. The summed E-state index contributed by atoms with van der Waals surface area (Å²) in [5, 5.41) is 7.68. The molecule has 0 aliphatic carbocycles. The Balaban J connectivity index is 1.64. The van der Waals surface area contributed by atoms with Crippen LogP contribution in [-0.4, -0.2) is 44.8 Å². The number of methoxy groups -OCH3 is 1. The van der Waals surface area contributed by atoms with Gasteiger partial charge >= 0.3 is 0 Å². The van der Waals surface area contributed by atoms with E-state index in [9.17, 15) is 0 Å². The summed E-state index contributed by atoms with van der Waals surface area (Å²) in [6, 6.07) is 7.55. The van der Waals surface area contributed by atoms with Crippen LogP contribution in [0.2, 0.25) is 0 Å². The Morgan fingerprint density at radius 3 is 2.40 bits per heavy atom. The summed E-state index contributed by atoms with van der Waals surface area (Å²) in [4.78, 5) is 10.0. The van der Waals surface area contributed by atoms with E-state index in [1.165, 1.54) is 4.88 Å². The highest BCUT2D eigenvalue weighted by Gasteiger charge is 2.04. The van der Waals surface area contributed by atoms with Crippen molar-refractivity contribution in [2.75, 3.05) is 33.9 Å². The molecular weight excluding hydrogens is 336 g/mol. The lowest BCUT2D eigenvalue weighted by Crippen LogP contribution is -2.40. The minimum Gasteiger partial charge on any atom is -0.497 e. The third-order valence-corrected chi connectivity index (χ3v) is 4.78. The molecule has 0 aliphatic rings. The van der Waals surface area contributed by atoms with Gasteiger partial charge < -0.3 is 20.1 Å². The summed E-state index contributed by atoms with van der Waals surface area (Å²) >= 11 is 1.75. The lowest BCUT2D eigenvalue weighted by molar-refractivity contribution is 0.321. The minimum atomic E-state index is 0.553. The quantitative estimate of drug-likeness (QED) is 0.429. The van der Waals surface area contributed by atoms with Crippen molar-refractivity contribution in [3.8, 4) is 11.5 Å². The smallest absolute Gasteiger partial charge is 0.191 e. The lowest BCUT2D eigenvalue weighted by atomic mass is 10.3. The monoisotopic (exact) mass is 362 g/mol. The fraction of sp³-hybridized carbons (Fsp3) is 0.444. The van der Waals surface area contributed by atoms with E-state index in [2.05, 4.69) is 27.5 Å². The zero-order chi connectivity index (χ0) is 18.1. The third kappa shape index (κ3) is 6.26. The largest absolute Gasteiger partial charge is 0.497 e. The van der Waals surface area contributed by atoms with Crippen LogP contribution in [0.25, 0.3) is 0 Å². The zero-order valence-electron chi connectivity index (χ0n) is 15.3. The highest BCUT2D eigenvalue weighted by Crippen LogP contribution is 2.17. The molecule has 0 amide bonds. The number of aliphatic imine (C=N–C) groups is 1. The van der Waals surface area contributed by atoms with Crippen LogP contribution in [0.15, 0.2) is 29.3 Å². The fourth-order valence-electron chi connectivity index (χ4n) is 2.16. The molecule has 0 radical (unpaired) electrons. The Morgan fingerprint density at radius 1 is 1.12 bits per heavy atom. The van der Waals surface area contributed by atoms with Crippen molar-refractivity contribution < 1.29 is 9.47 Å². The maximum absolute atomic E-state index is 5.68. The Hall–Kier alpha value is -2.28. The SMILES string of the molecule is CN=C(NCCOc1ccc(OC)cc1)NCCc1nc(C)c(C)s1. The van der Waals surface area contributed by atoms with Gasteiger partial charge in [0.1, 0.15) is 18.1 Å². The molecule has 0 spiro atoms. The number of thiazole rings is 1. The molecule has 0 saturated carbocycles. The van der Waals surface area contributed by atoms with Crippen LogP contribution in [0.1, 0.15) is 15.6 Å². The van der Waals surface area contributed by atoms with E-state index in [1.54, 1.807) is 25.5 Å². The fourth-order valence-corrected chi connectivity index (χ4v) is 3.10. The van der Waals surface area contributed by atoms with E-state index in [0.717, 1.165) is 41.1 Å². The number of rotatable bonds is 8. The molecule has 0 fully saturated rings. The van der Waals surface area contributed by atoms with Gasteiger partial charge in [-0.3, -0.25) is 4.99 Å². The van der Waals surface area contributed by atoms with Gasteiger partial charge in [-0.2, -0.15) is 0 Å². The molecule has 0 atom stereocenters. The molecular formula is C18H26N4O2S. The molecule has 2 N–H and O–H groups in total. The van der Waals surface area contributed by atoms with Gasteiger partial charge in [0.05, 0.1) is 24.4 Å². The summed E-state index contributed by atoms with van der Waals surface area (Å²) in [6.07, 6.45) is 0.891. The Kier molecular flexibility index (Phi) is 7.53. The van der Waals surface area contributed by atoms with Gasteiger partial charge in [-0.25, -0.2) is 4.98 Å². The van der Waals surface area contributed by atoms with Gasteiger partial charge in [0, 0.05) is 24.9 Å². The van der Waals surface area contributed by atoms with Gasteiger partial charge in [0.2, 0.25) is 0 Å². The predicted octanol–water partition coefficient (Wildman–Crippen LogP) is 2.56. The normalized spacial score (nSPS) is 11.3. The van der Waals surface area contributed by atoms with Gasteiger partial charge in [0.15, 0.2) is 5.96 Å². The molecule has 0 aliphatic heterocycles. The predicted molar refractivity (Wildman–Crippen MR) is 103 cm³/mol. The summed E-state index contributed by atoms with van der Waals surface area (Å²) in [7, 11) is 3.41. The van der Waals surface area contributed by atoms with Crippen molar-refractivity contribution in [2.24, 2.45) is 4.99 Å². The minimum absolute atomic E-state index is 0.553. The molecule has 6 nitrogen and oxygen atoms in total. The number of hydrogen-bond acceptors (Lipinski definition) is 5. The van der Waals surface area contributed by atoms with Crippen LogP contribution in [0, 0.1) is 13.8 Å². The van der Waals surface area contributed by atoms with Crippen molar-refractivity contribution in [3.05, 3.63) is 39.8 Å². The molecule has 0 saturated heterocycles. The zero-order valence-corrected chi connectivity index (χ0v) is 16.1. The van der Waals surface area contributed by atoms with E-state index < -0.39 is 0 Å². The van der Waals surface area contributed by atoms with Gasteiger partial charge in [-0.15, -0.1) is 11.3 Å². The number of guanidine groups is 1. The second-order valence-electron chi connectivity index (χ2n) is 5.45. The Bertz CT molecular complexity index is 663. The molecule has 2 rings (SSSR count). The van der Waals surface area contributed by atoms with E-state index in [1.807, 2.05) is 31.2 Å². The van der Waals surface area contributed by atoms with Crippen molar-refractivity contribution >= 4 is 17.3 Å². The first-order valence-electron chi connectivity index (χ1n) is 8.26. The van der Waals surface area contributed by atoms with Crippen molar-refractivity contribution in [1.29, 1.82) is 0 Å². The number of nitrogens with zero attached hydrogens (tertiary/aromatic N) is 2. The van der Waals surface area contributed by atoms with Crippen LogP contribution in [-0.2, 0) is 6.42 Å². The second kappa shape index (κ2) is 9.88. The van der Waals surface area contributed by atoms with Crippen LogP contribution < -0.4 is 20.1 Å². The van der Waals surface area contributed by atoms with Gasteiger partial charge in [-0.05, 0) is 38.1 Å². The van der Waals surface area contributed by atoms with Crippen LogP contribution in [0.3, 0.4) is 0 Å². The summed E-state index contributed by atoms with van der Waals surface area (Å²) < 4.78 is 10.8. The van der Waals surface area contributed by atoms with Crippen molar-refractivity contribution in [2.45, 2.75) is 20.3 Å². The highest BCUT2D eigenvalue weighted by atomic mass is 32.1. The lowest BCUT2D eigenvalue weighted by Gasteiger charge is -2.12. The summed E-state index contributed by atoms with van der Waals surface area (Å²) in [5.41, 5.74) is 1.12. The van der Waals surface area contributed by atoms with Crippen molar-refractivity contribution in [3.63, 3.8) is 0 Å². The van der Waals surface area contributed by atoms with E-state index in [-0.39, 0.29) is 0 Å². The van der Waals surface area contributed by atoms with Crippen LogP contribution in [0.4, 0.5) is 0 Å². The summed E-state index contributed by atoms with van der Waals surface area (Å²) in [5.74, 6) is 2.41. The third-order valence-electron chi connectivity index (χ3n) is 3.65. The van der Waals surface area contributed by atoms with E-state index in [0.29, 0.717) is 13.2 Å². The standard InChI is InChI=1S/C18H26N4O2S/c1-13-14(2)25-17(22-13)9-10-20-18(19-3)21-11-12-24-16-7-5-15(23-4)6-8-16/h5-8H,9-12H2,1-4H3,(H2,19,20,21). The molecule has 1 aromatic carbocycles. The van der Waals surface area contributed by atoms with Gasteiger partial charge in [-0.1, -0.05) is 0 Å².